The van der Waals surface area contributed by atoms with Gasteiger partial charge in [0.25, 0.3) is 0 Å². The van der Waals surface area contributed by atoms with Crippen LogP contribution in [-0.2, 0) is 16.3 Å². The third kappa shape index (κ3) is 3.20. The summed E-state index contributed by atoms with van der Waals surface area (Å²) >= 11 is 0. The molecule has 118 valence electrons. The van der Waals surface area contributed by atoms with E-state index in [0.717, 1.165) is 38.0 Å². The Morgan fingerprint density at radius 3 is 2.86 bits per heavy atom. The van der Waals surface area contributed by atoms with Crippen molar-refractivity contribution >= 4 is 9.84 Å². The van der Waals surface area contributed by atoms with Gasteiger partial charge in [-0.25, -0.2) is 8.42 Å². The molecule has 3 heterocycles. The summed E-state index contributed by atoms with van der Waals surface area (Å²) in [6.07, 6.45) is 9.22. The zero-order valence-corrected chi connectivity index (χ0v) is 13.4. The molecule has 2 aromatic rings. The highest BCUT2D eigenvalue weighted by Gasteiger charge is 2.31. The minimum Gasteiger partial charge on any atom is -0.294 e. The lowest BCUT2D eigenvalue weighted by molar-refractivity contribution is 0.253. The largest absolute Gasteiger partial charge is 0.294 e. The summed E-state index contributed by atoms with van der Waals surface area (Å²) in [6, 6.07) is 4.14. The van der Waals surface area contributed by atoms with Crippen LogP contribution in [0.5, 0.6) is 0 Å². The predicted molar refractivity (Wildman–Crippen MR) is 83.2 cm³/mol. The topological polar surface area (TPSA) is 79.0 Å². The number of hydrogen-bond acceptors (Lipinski definition) is 5. The SMILES string of the molecule is CS(=O)(=O)c1cn[nH]c1C1CCCN1CCc1ccncc1. The number of nitrogens with zero attached hydrogens (tertiary/aromatic N) is 3. The first kappa shape index (κ1) is 15.2. The van der Waals surface area contributed by atoms with E-state index in [1.54, 1.807) is 12.4 Å². The highest BCUT2D eigenvalue weighted by Crippen LogP contribution is 2.33. The van der Waals surface area contributed by atoms with E-state index in [2.05, 4.69) is 20.1 Å². The van der Waals surface area contributed by atoms with Gasteiger partial charge in [0, 0.05) is 25.2 Å². The van der Waals surface area contributed by atoms with Crippen LogP contribution in [-0.4, -0.2) is 47.8 Å². The quantitative estimate of drug-likeness (QED) is 0.905. The van der Waals surface area contributed by atoms with E-state index >= 15 is 0 Å². The summed E-state index contributed by atoms with van der Waals surface area (Å²) in [6.45, 7) is 1.88. The minimum absolute atomic E-state index is 0.106. The van der Waals surface area contributed by atoms with Crippen LogP contribution < -0.4 is 0 Å². The van der Waals surface area contributed by atoms with E-state index < -0.39 is 9.84 Å². The average Bonchev–Trinajstić information content (AvgIpc) is 3.14. The third-order valence-electron chi connectivity index (χ3n) is 4.17. The zero-order chi connectivity index (χ0) is 15.6. The molecule has 0 aromatic carbocycles. The number of likely N-dealkylation sites (tertiary alicyclic amines) is 1. The van der Waals surface area contributed by atoms with Crippen LogP contribution in [0, 0.1) is 0 Å². The maximum absolute atomic E-state index is 11.9. The van der Waals surface area contributed by atoms with Crippen LogP contribution in [0.2, 0.25) is 0 Å². The van der Waals surface area contributed by atoms with Crippen LogP contribution in [0.1, 0.15) is 30.1 Å². The highest BCUT2D eigenvalue weighted by molar-refractivity contribution is 7.90. The lowest BCUT2D eigenvalue weighted by Gasteiger charge is -2.24. The molecule has 0 saturated carbocycles. The van der Waals surface area contributed by atoms with Crippen molar-refractivity contribution in [3.63, 3.8) is 0 Å². The molecule has 22 heavy (non-hydrogen) atoms. The van der Waals surface area contributed by atoms with Crippen molar-refractivity contribution in [3.05, 3.63) is 42.0 Å². The van der Waals surface area contributed by atoms with Crippen molar-refractivity contribution in [2.45, 2.75) is 30.2 Å². The van der Waals surface area contributed by atoms with Gasteiger partial charge in [0.2, 0.25) is 0 Å². The van der Waals surface area contributed by atoms with Gasteiger partial charge in [-0.1, -0.05) is 0 Å². The molecule has 1 fully saturated rings. The molecule has 1 aliphatic heterocycles. The Morgan fingerprint density at radius 2 is 2.14 bits per heavy atom. The molecular weight excluding hydrogens is 300 g/mol. The first-order valence-corrected chi connectivity index (χ1v) is 9.31. The smallest absolute Gasteiger partial charge is 0.178 e. The van der Waals surface area contributed by atoms with Crippen molar-refractivity contribution in [3.8, 4) is 0 Å². The molecule has 0 amide bonds. The summed E-state index contributed by atoms with van der Waals surface area (Å²) in [7, 11) is -3.25. The molecule has 1 saturated heterocycles. The summed E-state index contributed by atoms with van der Waals surface area (Å²) < 4.78 is 23.7. The molecule has 0 bridgehead atoms. The van der Waals surface area contributed by atoms with Crippen molar-refractivity contribution in [2.75, 3.05) is 19.3 Å². The molecule has 1 atom stereocenters. The van der Waals surface area contributed by atoms with Crippen LogP contribution in [0.3, 0.4) is 0 Å². The van der Waals surface area contributed by atoms with Gasteiger partial charge in [-0.05, 0) is 43.5 Å². The Bertz CT molecular complexity index is 727. The van der Waals surface area contributed by atoms with Gasteiger partial charge in [0.15, 0.2) is 9.84 Å². The molecular formula is C15H20N4O2S. The number of aromatic nitrogens is 3. The van der Waals surface area contributed by atoms with Gasteiger partial charge in [-0.2, -0.15) is 5.10 Å². The predicted octanol–water partition coefficient (Wildman–Crippen LogP) is 1.59. The number of rotatable bonds is 5. The Labute approximate surface area is 130 Å². The molecule has 1 aliphatic rings. The fraction of sp³-hybridized carbons (Fsp3) is 0.467. The van der Waals surface area contributed by atoms with Gasteiger partial charge in [0.1, 0.15) is 4.90 Å². The van der Waals surface area contributed by atoms with Gasteiger partial charge >= 0.3 is 0 Å². The second-order valence-corrected chi connectivity index (χ2v) is 7.70. The van der Waals surface area contributed by atoms with Crippen molar-refractivity contribution in [2.24, 2.45) is 0 Å². The number of sulfone groups is 1. The number of nitrogens with one attached hydrogen (secondary N) is 1. The molecule has 2 aromatic heterocycles. The lowest BCUT2D eigenvalue weighted by atomic mass is 10.1. The Balaban J connectivity index is 1.75. The van der Waals surface area contributed by atoms with Crippen LogP contribution in [0.15, 0.2) is 35.6 Å². The van der Waals surface area contributed by atoms with Crippen LogP contribution >= 0.6 is 0 Å². The fourth-order valence-electron chi connectivity index (χ4n) is 3.06. The zero-order valence-electron chi connectivity index (χ0n) is 12.6. The Hall–Kier alpha value is -1.73. The maximum Gasteiger partial charge on any atom is 0.178 e. The Morgan fingerprint density at radius 1 is 1.36 bits per heavy atom. The average molecular weight is 320 g/mol. The Kier molecular flexibility index (Phi) is 4.26. The lowest BCUT2D eigenvalue weighted by Crippen LogP contribution is -2.27. The van der Waals surface area contributed by atoms with E-state index in [9.17, 15) is 8.42 Å². The molecule has 0 spiro atoms. The molecule has 7 heteroatoms. The molecule has 3 rings (SSSR count). The van der Waals surface area contributed by atoms with Crippen LogP contribution in [0.25, 0.3) is 0 Å². The van der Waals surface area contributed by atoms with E-state index in [-0.39, 0.29) is 6.04 Å². The number of H-pyrrole nitrogens is 1. The monoisotopic (exact) mass is 320 g/mol. The minimum atomic E-state index is -3.25. The third-order valence-corrected chi connectivity index (χ3v) is 5.29. The van der Waals surface area contributed by atoms with Crippen molar-refractivity contribution in [1.82, 2.24) is 20.1 Å². The number of pyridine rings is 1. The molecule has 1 N–H and O–H groups in total. The van der Waals surface area contributed by atoms with E-state index in [1.165, 1.54) is 18.0 Å². The molecule has 0 aliphatic carbocycles. The van der Waals surface area contributed by atoms with E-state index in [0.29, 0.717) is 4.90 Å². The van der Waals surface area contributed by atoms with Gasteiger partial charge in [-0.3, -0.25) is 15.0 Å². The van der Waals surface area contributed by atoms with E-state index in [1.807, 2.05) is 12.1 Å². The standard InChI is InChI=1S/C15H20N4O2S/c1-22(20,21)14-11-17-18-15(14)13-3-2-9-19(13)10-6-12-4-7-16-8-5-12/h4-5,7-8,11,13H,2-3,6,9-10H2,1H3,(H,17,18). The first-order valence-electron chi connectivity index (χ1n) is 7.42. The normalized spacial score (nSPS) is 19.6. The van der Waals surface area contributed by atoms with Gasteiger partial charge < -0.3 is 0 Å². The maximum atomic E-state index is 11.9. The molecule has 1 unspecified atom stereocenters. The summed E-state index contributed by atoms with van der Waals surface area (Å²) in [4.78, 5) is 6.69. The second-order valence-electron chi connectivity index (χ2n) is 5.72. The number of hydrogen-bond donors (Lipinski definition) is 1. The highest BCUT2D eigenvalue weighted by atomic mass is 32.2. The van der Waals surface area contributed by atoms with E-state index in [4.69, 9.17) is 0 Å². The molecule has 6 nitrogen and oxygen atoms in total. The fourth-order valence-corrected chi connectivity index (χ4v) is 3.89. The van der Waals surface area contributed by atoms with Gasteiger partial charge in [0.05, 0.1) is 17.9 Å². The first-order chi connectivity index (χ1) is 10.6. The summed E-state index contributed by atoms with van der Waals surface area (Å²) in [5.74, 6) is 0. The van der Waals surface area contributed by atoms with Crippen molar-refractivity contribution in [1.29, 1.82) is 0 Å². The number of aromatic amines is 1. The van der Waals surface area contributed by atoms with Crippen molar-refractivity contribution < 1.29 is 8.42 Å². The van der Waals surface area contributed by atoms with Crippen LogP contribution in [0.4, 0.5) is 0 Å². The molecule has 0 radical (unpaired) electrons. The summed E-state index contributed by atoms with van der Waals surface area (Å²) in [5.41, 5.74) is 1.98. The van der Waals surface area contributed by atoms with Gasteiger partial charge in [-0.15, -0.1) is 0 Å². The summed E-state index contributed by atoms with van der Waals surface area (Å²) in [5, 5.41) is 6.85. The second kappa shape index (κ2) is 6.18.